The van der Waals surface area contributed by atoms with Crippen LogP contribution in [0.3, 0.4) is 0 Å². The van der Waals surface area contributed by atoms with Crippen LogP contribution in [0.4, 0.5) is 0 Å². The third kappa shape index (κ3) is 4.29. The summed E-state index contributed by atoms with van der Waals surface area (Å²) in [6.45, 7) is 1.81. The molecule has 1 aromatic rings. The number of hydrogen-bond donors (Lipinski definition) is 1. The van der Waals surface area contributed by atoms with E-state index in [-0.39, 0.29) is 6.04 Å². The maximum absolute atomic E-state index is 12.5. The molecule has 1 saturated carbocycles. The zero-order chi connectivity index (χ0) is 16.9. The Balaban J connectivity index is 1.44. The molecule has 3 rings (SSSR count). The van der Waals surface area contributed by atoms with Crippen LogP contribution < -0.4 is 10.5 Å². The van der Waals surface area contributed by atoms with Crippen LogP contribution in [0.15, 0.2) is 24.3 Å². The molecule has 1 saturated heterocycles. The Kier molecular flexibility index (Phi) is 5.77. The van der Waals surface area contributed by atoms with Crippen molar-refractivity contribution in [1.82, 2.24) is 4.90 Å². The number of amides is 1. The molecule has 0 aromatic heterocycles. The van der Waals surface area contributed by atoms with Crippen LogP contribution in [0.1, 0.15) is 44.1 Å². The molecule has 0 radical (unpaired) electrons. The molecule has 24 heavy (non-hydrogen) atoms. The van der Waals surface area contributed by atoms with Gasteiger partial charge in [-0.3, -0.25) is 4.79 Å². The molecule has 1 aliphatic carbocycles. The number of methoxy groups -OCH3 is 1. The lowest BCUT2D eigenvalue weighted by atomic mass is 9.89. The van der Waals surface area contributed by atoms with E-state index in [1.165, 1.54) is 12.0 Å². The van der Waals surface area contributed by atoms with Gasteiger partial charge in [0.15, 0.2) is 0 Å². The highest BCUT2D eigenvalue weighted by Crippen LogP contribution is 2.29. The van der Waals surface area contributed by atoms with E-state index in [9.17, 15) is 4.79 Å². The van der Waals surface area contributed by atoms with Crippen molar-refractivity contribution in [2.75, 3.05) is 20.2 Å². The molecule has 132 valence electrons. The van der Waals surface area contributed by atoms with Crippen molar-refractivity contribution in [3.63, 3.8) is 0 Å². The Hall–Kier alpha value is -1.55. The van der Waals surface area contributed by atoms with Crippen LogP contribution >= 0.6 is 0 Å². The molecule has 1 amide bonds. The van der Waals surface area contributed by atoms with E-state index in [0.717, 1.165) is 50.9 Å². The van der Waals surface area contributed by atoms with E-state index in [1.807, 2.05) is 12.1 Å². The fourth-order valence-corrected chi connectivity index (χ4v) is 4.15. The van der Waals surface area contributed by atoms with Gasteiger partial charge in [-0.05, 0) is 61.6 Å². The molecule has 4 nitrogen and oxygen atoms in total. The third-order valence-corrected chi connectivity index (χ3v) is 5.81. The van der Waals surface area contributed by atoms with Gasteiger partial charge in [0, 0.05) is 25.6 Å². The summed E-state index contributed by atoms with van der Waals surface area (Å²) < 4.78 is 5.21. The van der Waals surface area contributed by atoms with Crippen LogP contribution in [-0.2, 0) is 11.2 Å². The maximum Gasteiger partial charge on any atom is 0.222 e. The quantitative estimate of drug-likeness (QED) is 0.903. The van der Waals surface area contributed by atoms with E-state index >= 15 is 0 Å². The fraction of sp³-hybridized carbons (Fsp3) is 0.650. The summed E-state index contributed by atoms with van der Waals surface area (Å²) >= 11 is 0. The van der Waals surface area contributed by atoms with Crippen molar-refractivity contribution in [2.24, 2.45) is 17.6 Å². The van der Waals surface area contributed by atoms with Gasteiger partial charge in [-0.25, -0.2) is 0 Å². The first-order chi connectivity index (χ1) is 11.7. The minimum atomic E-state index is 0.238. The molecular formula is C20H30N2O2. The zero-order valence-electron chi connectivity index (χ0n) is 14.7. The van der Waals surface area contributed by atoms with Crippen molar-refractivity contribution in [3.05, 3.63) is 29.8 Å². The Morgan fingerprint density at radius 3 is 2.46 bits per heavy atom. The number of nitrogens with two attached hydrogens (primary N) is 1. The van der Waals surface area contributed by atoms with E-state index in [4.69, 9.17) is 10.5 Å². The first-order valence-corrected chi connectivity index (χ1v) is 9.32. The molecule has 1 aliphatic heterocycles. The topological polar surface area (TPSA) is 55.6 Å². The molecule has 1 aromatic carbocycles. The fourth-order valence-electron chi connectivity index (χ4n) is 4.15. The normalized spacial score (nSPS) is 25.0. The molecule has 0 unspecified atom stereocenters. The second-order valence-corrected chi connectivity index (χ2v) is 7.44. The van der Waals surface area contributed by atoms with Crippen LogP contribution in [0.5, 0.6) is 5.75 Å². The smallest absolute Gasteiger partial charge is 0.222 e. The van der Waals surface area contributed by atoms with Crippen molar-refractivity contribution in [2.45, 2.75) is 51.0 Å². The average Bonchev–Trinajstić information content (AvgIpc) is 3.01. The van der Waals surface area contributed by atoms with E-state index in [2.05, 4.69) is 17.0 Å². The monoisotopic (exact) mass is 330 g/mol. The molecule has 2 fully saturated rings. The van der Waals surface area contributed by atoms with Gasteiger partial charge in [0.2, 0.25) is 5.91 Å². The number of ether oxygens (including phenoxy) is 1. The molecule has 2 aliphatic rings. The summed E-state index contributed by atoms with van der Waals surface area (Å²) in [4.78, 5) is 14.6. The second-order valence-electron chi connectivity index (χ2n) is 7.44. The maximum atomic E-state index is 12.5. The highest BCUT2D eigenvalue weighted by Gasteiger charge is 2.29. The predicted octanol–water partition coefficient (Wildman–Crippen LogP) is 2.99. The van der Waals surface area contributed by atoms with Crippen molar-refractivity contribution in [3.8, 4) is 5.75 Å². The zero-order valence-corrected chi connectivity index (χ0v) is 14.7. The van der Waals surface area contributed by atoms with Gasteiger partial charge >= 0.3 is 0 Å². The molecule has 0 spiro atoms. The van der Waals surface area contributed by atoms with E-state index in [1.54, 1.807) is 7.11 Å². The largest absolute Gasteiger partial charge is 0.497 e. The van der Waals surface area contributed by atoms with Gasteiger partial charge < -0.3 is 15.4 Å². The first-order valence-electron chi connectivity index (χ1n) is 9.32. The van der Waals surface area contributed by atoms with Crippen molar-refractivity contribution >= 4 is 5.91 Å². The Morgan fingerprint density at radius 2 is 1.88 bits per heavy atom. The summed E-state index contributed by atoms with van der Waals surface area (Å²) in [5.41, 5.74) is 7.46. The van der Waals surface area contributed by atoms with Crippen molar-refractivity contribution in [1.29, 1.82) is 0 Å². The van der Waals surface area contributed by atoms with E-state index < -0.39 is 0 Å². The predicted molar refractivity (Wildman–Crippen MR) is 95.9 cm³/mol. The number of likely N-dealkylation sites (tertiary alicyclic amines) is 1. The summed E-state index contributed by atoms with van der Waals surface area (Å²) in [6, 6.07) is 8.59. The van der Waals surface area contributed by atoms with E-state index in [0.29, 0.717) is 24.2 Å². The Morgan fingerprint density at radius 1 is 1.17 bits per heavy atom. The number of benzene rings is 1. The molecule has 0 bridgehead atoms. The summed E-state index contributed by atoms with van der Waals surface area (Å²) in [5, 5.41) is 0. The minimum Gasteiger partial charge on any atom is -0.497 e. The minimum absolute atomic E-state index is 0.238. The van der Waals surface area contributed by atoms with Crippen LogP contribution in [0.25, 0.3) is 0 Å². The number of hydrogen-bond acceptors (Lipinski definition) is 3. The lowest BCUT2D eigenvalue weighted by Crippen LogP contribution is -2.40. The second kappa shape index (κ2) is 8.02. The summed E-state index contributed by atoms with van der Waals surface area (Å²) in [7, 11) is 1.69. The lowest BCUT2D eigenvalue weighted by Gasteiger charge is -2.33. The number of piperidine rings is 1. The summed E-state index contributed by atoms with van der Waals surface area (Å²) in [5.74, 6) is 2.32. The van der Waals surface area contributed by atoms with Gasteiger partial charge in [-0.1, -0.05) is 18.6 Å². The average molecular weight is 330 g/mol. The van der Waals surface area contributed by atoms with Gasteiger partial charge in [-0.15, -0.1) is 0 Å². The van der Waals surface area contributed by atoms with Gasteiger partial charge in [-0.2, -0.15) is 0 Å². The van der Waals surface area contributed by atoms with Crippen LogP contribution in [0, 0.1) is 11.8 Å². The Labute approximate surface area is 145 Å². The number of rotatable bonds is 5. The summed E-state index contributed by atoms with van der Waals surface area (Å²) in [6.07, 6.45) is 7.36. The third-order valence-electron chi connectivity index (χ3n) is 5.81. The standard InChI is InChI=1S/C20H30N2O2/c1-24-18-7-5-15(6-8-18)13-16-9-11-22(12-10-16)20(23)14-17-3-2-4-19(17)21/h5-8,16-17,19H,2-4,9-14,21H2,1H3/t17-,19+/m0/s1. The molecule has 4 heteroatoms. The highest BCUT2D eigenvalue weighted by atomic mass is 16.5. The highest BCUT2D eigenvalue weighted by molar-refractivity contribution is 5.76. The molecular weight excluding hydrogens is 300 g/mol. The SMILES string of the molecule is COc1ccc(CC2CCN(C(=O)C[C@@H]3CCC[C@H]3N)CC2)cc1. The molecule has 1 heterocycles. The number of carbonyl (C=O) groups is 1. The molecule has 2 N–H and O–H groups in total. The van der Waals surface area contributed by atoms with Crippen LogP contribution in [0.2, 0.25) is 0 Å². The lowest BCUT2D eigenvalue weighted by molar-refractivity contribution is -0.133. The van der Waals surface area contributed by atoms with Gasteiger partial charge in [0.05, 0.1) is 7.11 Å². The van der Waals surface area contributed by atoms with Gasteiger partial charge in [0.25, 0.3) is 0 Å². The van der Waals surface area contributed by atoms with Gasteiger partial charge in [0.1, 0.15) is 5.75 Å². The van der Waals surface area contributed by atoms with Crippen LogP contribution in [-0.4, -0.2) is 37.0 Å². The first kappa shape index (κ1) is 17.3. The molecule has 2 atom stereocenters. The number of nitrogens with zero attached hydrogens (tertiary/aromatic N) is 1. The van der Waals surface area contributed by atoms with Crippen molar-refractivity contribution < 1.29 is 9.53 Å². The Bertz CT molecular complexity index is 535. The number of carbonyl (C=O) groups excluding carboxylic acids is 1.